The monoisotopic (exact) mass is 283 g/mol. The van der Waals surface area contributed by atoms with E-state index in [1.807, 2.05) is 0 Å². The Kier molecular flexibility index (Phi) is 3.59. The minimum atomic E-state index is -4.57. The zero-order valence-electron chi connectivity index (χ0n) is 10.2. The fourth-order valence-electron chi connectivity index (χ4n) is 1.90. The van der Waals surface area contributed by atoms with Gasteiger partial charge in [0.25, 0.3) is 0 Å². The lowest BCUT2D eigenvalue weighted by molar-refractivity contribution is -0.137. The molecule has 0 saturated heterocycles. The van der Waals surface area contributed by atoms with Crippen molar-refractivity contribution in [2.75, 3.05) is 5.73 Å². The highest BCUT2D eigenvalue weighted by Gasteiger charge is 2.34. The summed E-state index contributed by atoms with van der Waals surface area (Å²) in [6.07, 6.45) is -5.87. The number of alkyl halides is 3. The van der Waals surface area contributed by atoms with E-state index in [-0.39, 0.29) is 11.3 Å². The molecule has 0 aliphatic heterocycles. The molecular formula is C14H12F3NO2. The molecule has 2 aromatic carbocycles. The molecule has 0 saturated carbocycles. The summed E-state index contributed by atoms with van der Waals surface area (Å²) in [6, 6.07) is 8.90. The lowest BCUT2D eigenvalue weighted by atomic mass is 9.97. The number of phenols is 1. The van der Waals surface area contributed by atoms with E-state index < -0.39 is 23.5 Å². The zero-order valence-corrected chi connectivity index (χ0v) is 10.2. The van der Waals surface area contributed by atoms with Gasteiger partial charge in [-0.1, -0.05) is 24.3 Å². The van der Waals surface area contributed by atoms with Crippen LogP contribution in [0.1, 0.15) is 22.8 Å². The van der Waals surface area contributed by atoms with Crippen LogP contribution in [0.15, 0.2) is 42.5 Å². The molecule has 4 N–H and O–H groups in total. The summed E-state index contributed by atoms with van der Waals surface area (Å²) in [4.78, 5) is 0. The van der Waals surface area contributed by atoms with Crippen molar-refractivity contribution in [2.45, 2.75) is 12.3 Å². The minimum Gasteiger partial charge on any atom is -0.508 e. The Labute approximate surface area is 113 Å². The van der Waals surface area contributed by atoms with Crippen molar-refractivity contribution >= 4 is 5.69 Å². The van der Waals surface area contributed by atoms with Gasteiger partial charge in [-0.3, -0.25) is 0 Å². The van der Waals surface area contributed by atoms with Gasteiger partial charge in [-0.05, 0) is 23.8 Å². The first-order chi connectivity index (χ1) is 9.30. The first-order valence-electron chi connectivity index (χ1n) is 5.73. The Balaban J connectivity index is 2.45. The van der Waals surface area contributed by atoms with Crippen molar-refractivity contribution in [3.05, 3.63) is 59.2 Å². The second-order valence-electron chi connectivity index (χ2n) is 4.30. The highest BCUT2D eigenvalue weighted by Crippen LogP contribution is 2.38. The number of rotatable bonds is 2. The molecule has 0 radical (unpaired) electrons. The summed E-state index contributed by atoms with van der Waals surface area (Å²) in [5.41, 5.74) is 4.35. The highest BCUT2D eigenvalue weighted by atomic mass is 19.4. The normalized spacial score (nSPS) is 13.2. The summed E-state index contributed by atoms with van der Waals surface area (Å²) in [7, 11) is 0. The molecule has 0 aromatic heterocycles. The van der Waals surface area contributed by atoms with Gasteiger partial charge >= 0.3 is 6.18 Å². The van der Waals surface area contributed by atoms with E-state index in [1.54, 1.807) is 0 Å². The van der Waals surface area contributed by atoms with E-state index in [0.717, 1.165) is 6.07 Å². The Morgan fingerprint density at radius 2 is 1.60 bits per heavy atom. The maximum atomic E-state index is 12.8. The fourth-order valence-corrected chi connectivity index (χ4v) is 1.90. The second kappa shape index (κ2) is 5.05. The van der Waals surface area contributed by atoms with Crippen molar-refractivity contribution in [1.82, 2.24) is 0 Å². The maximum Gasteiger partial charge on any atom is 0.418 e. The molecule has 2 aromatic rings. The molecule has 0 aliphatic carbocycles. The van der Waals surface area contributed by atoms with Gasteiger partial charge in [0.1, 0.15) is 11.9 Å². The average Bonchev–Trinajstić information content (AvgIpc) is 2.37. The lowest BCUT2D eigenvalue weighted by Gasteiger charge is -2.17. The van der Waals surface area contributed by atoms with E-state index >= 15 is 0 Å². The molecule has 0 bridgehead atoms. The number of phenolic OH excluding ortho intramolecular Hbond substituents is 1. The van der Waals surface area contributed by atoms with Crippen molar-refractivity contribution in [3.8, 4) is 5.75 Å². The third-order valence-electron chi connectivity index (χ3n) is 2.95. The number of anilines is 1. The summed E-state index contributed by atoms with van der Waals surface area (Å²) in [5, 5.41) is 19.3. The fraction of sp³-hybridized carbons (Fsp3) is 0.143. The molecule has 0 fully saturated rings. The highest BCUT2D eigenvalue weighted by molar-refractivity contribution is 5.57. The SMILES string of the molecule is Nc1c(C(O)c2ccc(O)cc2)cccc1C(F)(F)F. The number of nitrogens with two attached hydrogens (primary N) is 1. The smallest absolute Gasteiger partial charge is 0.418 e. The molecule has 2 rings (SSSR count). The Hall–Kier alpha value is -2.21. The number of nitrogen functional groups attached to an aromatic ring is 1. The molecule has 0 spiro atoms. The second-order valence-corrected chi connectivity index (χ2v) is 4.30. The molecule has 1 atom stereocenters. The van der Waals surface area contributed by atoms with Crippen LogP contribution >= 0.6 is 0 Å². The van der Waals surface area contributed by atoms with Gasteiger partial charge in [0, 0.05) is 11.3 Å². The molecule has 1 unspecified atom stereocenters. The number of hydrogen-bond donors (Lipinski definition) is 3. The van der Waals surface area contributed by atoms with E-state index in [9.17, 15) is 18.3 Å². The van der Waals surface area contributed by atoms with Crippen molar-refractivity contribution in [2.24, 2.45) is 0 Å². The molecule has 0 aliphatic rings. The van der Waals surface area contributed by atoms with Crippen LogP contribution in [0.25, 0.3) is 0 Å². The topological polar surface area (TPSA) is 66.5 Å². The molecule has 3 nitrogen and oxygen atoms in total. The van der Waals surface area contributed by atoms with Gasteiger partial charge in [0.05, 0.1) is 5.56 Å². The Bertz CT molecular complexity index is 609. The van der Waals surface area contributed by atoms with E-state index in [1.165, 1.54) is 36.4 Å². The molecule has 106 valence electrons. The quantitative estimate of drug-likeness (QED) is 0.742. The van der Waals surface area contributed by atoms with Gasteiger partial charge in [-0.2, -0.15) is 13.2 Å². The standard InChI is InChI=1S/C14H12F3NO2/c15-14(16,17)11-3-1-2-10(12(11)18)13(20)8-4-6-9(19)7-5-8/h1-7,13,19-20H,18H2. The minimum absolute atomic E-state index is 0.00189. The van der Waals surface area contributed by atoms with Gasteiger partial charge in [0.2, 0.25) is 0 Å². The molecule has 0 heterocycles. The Morgan fingerprint density at radius 3 is 2.15 bits per heavy atom. The average molecular weight is 283 g/mol. The molecular weight excluding hydrogens is 271 g/mol. The number of aliphatic hydroxyl groups is 1. The predicted octanol–water partition coefficient (Wildman–Crippen LogP) is 3.07. The van der Waals surface area contributed by atoms with Crippen molar-refractivity contribution in [3.63, 3.8) is 0 Å². The van der Waals surface area contributed by atoms with Crippen LogP contribution in [-0.4, -0.2) is 10.2 Å². The number of para-hydroxylation sites is 1. The van der Waals surface area contributed by atoms with Gasteiger partial charge in [-0.25, -0.2) is 0 Å². The lowest BCUT2D eigenvalue weighted by Crippen LogP contribution is -2.12. The summed E-state index contributed by atoms with van der Waals surface area (Å²) in [5.74, 6) is -0.00189. The van der Waals surface area contributed by atoms with Gasteiger partial charge in [0.15, 0.2) is 0 Å². The molecule has 20 heavy (non-hydrogen) atoms. The van der Waals surface area contributed by atoms with Gasteiger partial charge < -0.3 is 15.9 Å². The van der Waals surface area contributed by atoms with E-state index in [4.69, 9.17) is 10.8 Å². The van der Waals surface area contributed by atoms with Crippen LogP contribution < -0.4 is 5.73 Å². The first kappa shape index (κ1) is 14.2. The van der Waals surface area contributed by atoms with Crippen LogP contribution in [0.5, 0.6) is 5.75 Å². The van der Waals surface area contributed by atoms with Crippen LogP contribution in [-0.2, 0) is 6.18 Å². The maximum absolute atomic E-state index is 12.8. The molecule has 6 heteroatoms. The third kappa shape index (κ3) is 2.70. The third-order valence-corrected chi connectivity index (χ3v) is 2.95. The number of aromatic hydroxyl groups is 1. The summed E-state index contributed by atoms with van der Waals surface area (Å²) >= 11 is 0. The number of aliphatic hydroxyl groups excluding tert-OH is 1. The molecule has 0 amide bonds. The van der Waals surface area contributed by atoms with Crippen molar-refractivity contribution in [1.29, 1.82) is 0 Å². The van der Waals surface area contributed by atoms with Crippen LogP contribution in [0.4, 0.5) is 18.9 Å². The van der Waals surface area contributed by atoms with Crippen LogP contribution in [0.3, 0.4) is 0 Å². The Morgan fingerprint density at radius 1 is 1.00 bits per heavy atom. The van der Waals surface area contributed by atoms with Crippen LogP contribution in [0.2, 0.25) is 0 Å². The van der Waals surface area contributed by atoms with Gasteiger partial charge in [-0.15, -0.1) is 0 Å². The number of halogens is 3. The van der Waals surface area contributed by atoms with Crippen molar-refractivity contribution < 1.29 is 23.4 Å². The number of hydrogen-bond acceptors (Lipinski definition) is 3. The zero-order chi connectivity index (χ0) is 14.9. The van der Waals surface area contributed by atoms with E-state index in [0.29, 0.717) is 5.56 Å². The number of benzene rings is 2. The summed E-state index contributed by atoms with van der Waals surface area (Å²) < 4.78 is 38.3. The first-order valence-corrected chi connectivity index (χ1v) is 5.73. The predicted molar refractivity (Wildman–Crippen MR) is 68.0 cm³/mol. The summed E-state index contributed by atoms with van der Waals surface area (Å²) in [6.45, 7) is 0. The van der Waals surface area contributed by atoms with E-state index in [2.05, 4.69) is 0 Å². The largest absolute Gasteiger partial charge is 0.508 e. The van der Waals surface area contributed by atoms with Crippen LogP contribution in [0, 0.1) is 0 Å².